The van der Waals surface area contributed by atoms with Crippen molar-refractivity contribution in [2.24, 2.45) is 17.8 Å². The molecule has 0 saturated heterocycles. The van der Waals surface area contributed by atoms with Gasteiger partial charge in [-0.2, -0.15) is 0 Å². The molecule has 48 heavy (non-hydrogen) atoms. The van der Waals surface area contributed by atoms with Crippen LogP contribution in [-0.4, -0.2) is 84.8 Å². The van der Waals surface area contributed by atoms with Gasteiger partial charge in [-0.3, -0.25) is 14.4 Å². The van der Waals surface area contributed by atoms with E-state index >= 15 is 0 Å². The summed E-state index contributed by atoms with van der Waals surface area (Å²) in [6, 6.07) is 16.8. The van der Waals surface area contributed by atoms with Crippen molar-refractivity contribution >= 4 is 17.5 Å². The van der Waals surface area contributed by atoms with Gasteiger partial charge in [-0.1, -0.05) is 102 Å². The van der Waals surface area contributed by atoms with Crippen molar-refractivity contribution in [3.63, 3.8) is 0 Å². The lowest BCUT2D eigenvalue weighted by atomic mass is 9.69. The Labute approximate surface area is 288 Å². The van der Waals surface area contributed by atoms with Crippen LogP contribution in [0, 0.1) is 23.7 Å². The van der Waals surface area contributed by atoms with Gasteiger partial charge in [-0.15, -0.1) is 0 Å². The highest BCUT2D eigenvalue weighted by atomic mass is 16.6. The summed E-state index contributed by atoms with van der Waals surface area (Å²) in [6.45, 7) is 11.4. The van der Waals surface area contributed by atoms with Crippen molar-refractivity contribution in [1.82, 2.24) is 16.0 Å². The summed E-state index contributed by atoms with van der Waals surface area (Å²) in [6.07, 6.45) is -2.40. The van der Waals surface area contributed by atoms with Crippen LogP contribution in [0.15, 0.2) is 60.7 Å². The van der Waals surface area contributed by atoms with Gasteiger partial charge in [0, 0.05) is 12.8 Å². The average Bonchev–Trinajstić information content (AvgIpc) is 3.01. The molecule has 0 saturated carbocycles. The number of aliphatic hydroxyl groups excluding tert-OH is 2. The van der Waals surface area contributed by atoms with E-state index in [4.69, 9.17) is 4.74 Å². The van der Waals surface area contributed by atoms with Crippen LogP contribution < -0.4 is 16.0 Å². The fourth-order valence-electron chi connectivity index (χ4n) is 6.68. The first kappa shape index (κ1) is 41.2. The van der Waals surface area contributed by atoms with E-state index < -0.39 is 41.9 Å². The number of hydrogen-bond donors (Lipinski definition) is 5. The molecule has 5 N–H and O–H groups in total. The zero-order valence-corrected chi connectivity index (χ0v) is 30.5. The van der Waals surface area contributed by atoms with Gasteiger partial charge >= 0.3 is 5.97 Å². The van der Waals surface area contributed by atoms with E-state index in [2.05, 4.69) is 16.0 Å². The molecule has 6 atom stereocenters. The highest BCUT2D eigenvalue weighted by Gasteiger charge is 2.53. The summed E-state index contributed by atoms with van der Waals surface area (Å²) in [7, 11) is 5.05. The molecule has 0 fully saturated rings. The van der Waals surface area contributed by atoms with E-state index in [0.29, 0.717) is 0 Å². The predicted octanol–water partition coefficient (Wildman–Crippen LogP) is 4.09. The summed E-state index contributed by atoms with van der Waals surface area (Å²) in [4.78, 5) is 43.1. The molecule has 3 unspecified atom stereocenters. The lowest BCUT2D eigenvalue weighted by molar-refractivity contribution is -0.169. The number of esters is 1. The van der Waals surface area contributed by atoms with Crippen LogP contribution >= 0.6 is 0 Å². The molecule has 0 spiro atoms. The lowest BCUT2D eigenvalue weighted by Crippen LogP contribution is -2.57. The molecular weight excluding hydrogens is 606 g/mol. The third-order valence-corrected chi connectivity index (χ3v) is 9.05. The van der Waals surface area contributed by atoms with Crippen molar-refractivity contribution in [2.75, 3.05) is 21.1 Å². The Bertz CT molecular complexity index is 1220. The minimum absolute atomic E-state index is 0.102. The minimum atomic E-state index is -1.85. The number of Topliss-reactive ketones (excluding diaryl/α,β-unsaturated/α-hetero) is 2. The molecule has 9 heteroatoms. The number of ether oxygens (including phenoxy) is 1. The molecule has 1 radical (unpaired) electrons. The minimum Gasteiger partial charge on any atom is -0.456 e. The summed E-state index contributed by atoms with van der Waals surface area (Å²) in [5, 5.41) is 32.6. The normalized spacial score (nSPS) is 16.4. The number of carbonyl (C=O) groups excluding carboxylic acids is 3. The molecule has 2 aromatic rings. The summed E-state index contributed by atoms with van der Waals surface area (Å²) in [5.41, 5.74) is -0.122. The van der Waals surface area contributed by atoms with Crippen LogP contribution in [0.1, 0.15) is 71.9 Å². The molecule has 0 heterocycles. The van der Waals surface area contributed by atoms with Crippen LogP contribution in [0.25, 0.3) is 0 Å². The Balaban J connectivity index is 2.84. The third kappa shape index (κ3) is 11.9. The number of likely N-dealkylation sites (N-methyl/N-ethyl adjacent to an activating group) is 3. The zero-order valence-electron chi connectivity index (χ0n) is 30.5. The van der Waals surface area contributed by atoms with Crippen LogP contribution in [0.5, 0.6) is 0 Å². The van der Waals surface area contributed by atoms with Crippen LogP contribution in [0.4, 0.5) is 0 Å². The predicted molar refractivity (Wildman–Crippen MR) is 191 cm³/mol. The van der Waals surface area contributed by atoms with Crippen molar-refractivity contribution in [2.45, 2.75) is 110 Å². The Kier molecular flexibility index (Phi) is 17.1. The molecule has 0 amide bonds. The number of aliphatic hydroxyl groups is 2. The largest absolute Gasteiger partial charge is 0.456 e. The smallest absolute Gasteiger partial charge is 0.323 e. The van der Waals surface area contributed by atoms with Gasteiger partial charge < -0.3 is 30.9 Å². The number of hydrogen-bond acceptors (Lipinski definition) is 9. The van der Waals surface area contributed by atoms with E-state index in [1.807, 2.05) is 102 Å². The molecule has 267 valence electrons. The monoisotopic (exact) mass is 666 g/mol. The zero-order chi connectivity index (χ0) is 36.0. The first-order chi connectivity index (χ1) is 22.7. The molecule has 2 rings (SSSR count). The Morgan fingerprint density at radius 3 is 1.52 bits per heavy atom. The van der Waals surface area contributed by atoms with Crippen molar-refractivity contribution in [3.8, 4) is 0 Å². The first-order valence-corrected chi connectivity index (χ1v) is 17.3. The fourth-order valence-corrected chi connectivity index (χ4v) is 6.68. The van der Waals surface area contributed by atoms with Gasteiger partial charge in [0.25, 0.3) is 0 Å². The van der Waals surface area contributed by atoms with Crippen LogP contribution in [0.3, 0.4) is 0 Å². The maximum absolute atomic E-state index is 14.8. The maximum Gasteiger partial charge on any atom is 0.323 e. The second-order valence-corrected chi connectivity index (χ2v) is 14.0. The maximum atomic E-state index is 14.8. The van der Waals surface area contributed by atoms with E-state index in [1.165, 1.54) is 0 Å². The summed E-state index contributed by atoms with van der Waals surface area (Å²) >= 11 is 0. The Morgan fingerprint density at radius 2 is 1.10 bits per heavy atom. The third-order valence-electron chi connectivity index (χ3n) is 9.05. The summed E-state index contributed by atoms with van der Waals surface area (Å²) in [5.74, 6) is -1.57. The van der Waals surface area contributed by atoms with Gasteiger partial charge in [0.05, 0.1) is 30.2 Å². The Hall–Kier alpha value is -2.95. The molecular formula is C39H60N3O6. The number of nitrogens with one attached hydrogen (secondary N) is 3. The van der Waals surface area contributed by atoms with E-state index in [1.54, 1.807) is 21.1 Å². The van der Waals surface area contributed by atoms with Crippen molar-refractivity contribution in [3.05, 3.63) is 77.7 Å². The summed E-state index contributed by atoms with van der Waals surface area (Å²) < 4.78 is 6.51. The molecule has 0 bridgehead atoms. The van der Waals surface area contributed by atoms with Crippen molar-refractivity contribution < 1.29 is 29.3 Å². The SMILES string of the molecule is CN[C@H](C(=O)CC(CC(O)Cc1ccccc1)(OC(=O)[C@@H](NC)C(C)C)[C](CC(O)Cc1ccccc1)C(=O)[C@@H](NC)C(C)C)C(C)C. The first-order valence-electron chi connectivity index (χ1n) is 17.3. The van der Waals surface area contributed by atoms with Gasteiger partial charge in [0.2, 0.25) is 0 Å². The van der Waals surface area contributed by atoms with E-state index in [0.717, 1.165) is 11.1 Å². The second kappa shape index (κ2) is 19.9. The number of ketones is 2. The number of rotatable bonds is 22. The molecule has 0 aliphatic rings. The number of benzene rings is 2. The molecule has 0 aliphatic heterocycles. The van der Waals surface area contributed by atoms with Gasteiger partial charge in [0.15, 0.2) is 11.6 Å². The fraction of sp³-hybridized carbons (Fsp3) is 0.590. The highest BCUT2D eigenvalue weighted by molar-refractivity contribution is 6.00. The molecule has 0 aliphatic carbocycles. The van der Waals surface area contributed by atoms with Gasteiger partial charge in [0.1, 0.15) is 11.6 Å². The molecule has 2 aromatic carbocycles. The highest BCUT2D eigenvalue weighted by Crippen LogP contribution is 2.41. The Morgan fingerprint density at radius 1 is 0.667 bits per heavy atom. The molecule has 9 nitrogen and oxygen atoms in total. The quantitative estimate of drug-likeness (QED) is 0.118. The van der Waals surface area contributed by atoms with Crippen LogP contribution in [-0.2, 0) is 32.0 Å². The average molecular weight is 667 g/mol. The van der Waals surface area contributed by atoms with Crippen LogP contribution in [0.2, 0.25) is 0 Å². The second-order valence-electron chi connectivity index (χ2n) is 14.0. The molecule has 0 aromatic heterocycles. The van der Waals surface area contributed by atoms with Gasteiger partial charge in [-0.25, -0.2) is 0 Å². The lowest BCUT2D eigenvalue weighted by Gasteiger charge is -2.43. The van der Waals surface area contributed by atoms with Crippen molar-refractivity contribution in [1.29, 1.82) is 0 Å². The van der Waals surface area contributed by atoms with E-state index in [-0.39, 0.29) is 67.3 Å². The number of carbonyl (C=O) groups is 3. The van der Waals surface area contributed by atoms with E-state index in [9.17, 15) is 24.6 Å². The standard InChI is InChI=1S/C39H60N3O6/c1-25(2)34(40-7)33(45)24-39(48-38(47)36(42-9)27(5)6,23-31(44)21-29-18-14-11-15-19-29)32(37(46)35(41-8)26(3)4)22-30(43)20-28-16-12-10-13-17-28/h10-19,25-27,30-31,34-36,40-44H,20-24H2,1-9H3/t30?,31?,34-,35-,36-,39?/m0/s1. The van der Waals surface area contributed by atoms with Gasteiger partial charge in [-0.05, 0) is 69.3 Å². The topological polar surface area (TPSA) is 137 Å².